The van der Waals surface area contributed by atoms with Gasteiger partial charge >= 0.3 is 5.97 Å². The number of Topliss-reactive ketones (excluding diaryl/α,β-unsaturated/α-hetero) is 1. The third-order valence-electron chi connectivity index (χ3n) is 15.8. The zero-order chi connectivity index (χ0) is 51.5. The molecule has 18 nitrogen and oxygen atoms in total. The van der Waals surface area contributed by atoms with E-state index >= 15 is 0 Å². The highest BCUT2D eigenvalue weighted by Gasteiger charge is 2.55. The number of ether oxygens (including phenoxy) is 6. The van der Waals surface area contributed by atoms with E-state index in [1.54, 1.807) is 52.4 Å². The molecule has 2 aromatic heterocycles. The number of aliphatic hydroxyl groups is 5. The number of carbonyl (C=O) groups excluding carboxylic acids is 2. The van der Waals surface area contributed by atoms with Gasteiger partial charge in [-0.2, -0.15) is 0 Å². The van der Waals surface area contributed by atoms with Crippen LogP contribution in [0.3, 0.4) is 0 Å². The molecule has 1 aromatic carbocycles. The van der Waals surface area contributed by atoms with Crippen LogP contribution >= 0.6 is 0 Å². The Morgan fingerprint density at radius 2 is 1.67 bits per heavy atom. The van der Waals surface area contributed by atoms with Gasteiger partial charge < -0.3 is 58.9 Å². The van der Waals surface area contributed by atoms with Crippen molar-refractivity contribution in [1.29, 1.82) is 0 Å². The first-order valence-corrected chi connectivity index (χ1v) is 25.2. The van der Waals surface area contributed by atoms with Gasteiger partial charge in [0.05, 0.1) is 65.4 Å². The van der Waals surface area contributed by atoms with E-state index in [1.807, 2.05) is 57.4 Å². The Kier molecular flexibility index (Phi) is 18.3. The number of esters is 1. The summed E-state index contributed by atoms with van der Waals surface area (Å²) in [5.74, 6) is -4.82. The molecule has 0 bridgehead atoms. The standard InChI is InChI=1S/C52H81N5O13/c1-13-41-52(10,64)45(60)33(6)43(58)29(2)26-50(8,63)47(31(4)42(32(5)48(62)69-41)40-27-51(9,65-12)46(61)34(7)68-40)70-49-44(59)38(25-30(3)67-49)56(11)22-16-17-35-28-57(55-54-35)23-24-66-39-20-14-19-37-36(39)18-15-21-53-37/h14-15,18-21,28-34,38,40-42,44-47,49,59-61,63-64H,13,16-17,22-27H2,1-12H3/t29-,30-,31+,32-,33+,34+,38+,40-,41-,42?,44-,45-,46+,47-,49+,50-,51-,52-/m1/s1. The van der Waals surface area contributed by atoms with E-state index in [0.717, 1.165) is 22.3 Å². The van der Waals surface area contributed by atoms with Crippen LogP contribution in [0.25, 0.3) is 10.9 Å². The number of aliphatic hydroxyl groups excluding tert-OH is 3. The number of hydrogen-bond donors (Lipinski definition) is 5. The number of carbonyl (C=O) groups is 2. The van der Waals surface area contributed by atoms with E-state index in [0.29, 0.717) is 39.0 Å². The normalized spacial score (nSPS) is 39.4. The molecule has 18 heteroatoms. The van der Waals surface area contributed by atoms with E-state index in [4.69, 9.17) is 28.4 Å². The van der Waals surface area contributed by atoms with Gasteiger partial charge in [0.1, 0.15) is 42.1 Å². The molecule has 392 valence electrons. The van der Waals surface area contributed by atoms with Gasteiger partial charge in [0.25, 0.3) is 0 Å². The number of benzene rings is 1. The molecule has 0 aliphatic carbocycles. The molecule has 3 aromatic rings. The van der Waals surface area contributed by atoms with Crippen molar-refractivity contribution in [1.82, 2.24) is 24.9 Å². The third kappa shape index (κ3) is 12.2. The molecule has 70 heavy (non-hydrogen) atoms. The summed E-state index contributed by atoms with van der Waals surface area (Å²) < 4.78 is 39.7. The summed E-state index contributed by atoms with van der Waals surface area (Å²) in [6, 6.07) is 9.24. The summed E-state index contributed by atoms with van der Waals surface area (Å²) in [5.41, 5.74) is -3.21. The molecule has 3 aliphatic rings. The molecular formula is C52H81N5O13. The van der Waals surface area contributed by atoms with E-state index in [9.17, 15) is 35.1 Å². The molecule has 0 saturated carbocycles. The van der Waals surface area contributed by atoms with Gasteiger partial charge in [-0.15, -0.1) is 5.10 Å². The highest BCUT2D eigenvalue weighted by atomic mass is 16.7. The maximum absolute atomic E-state index is 14.5. The summed E-state index contributed by atoms with van der Waals surface area (Å²) >= 11 is 0. The molecule has 3 fully saturated rings. The molecule has 6 rings (SSSR count). The van der Waals surface area contributed by atoms with Crippen LogP contribution in [-0.4, -0.2) is 167 Å². The molecule has 0 spiro atoms. The summed E-state index contributed by atoms with van der Waals surface area (Å²) in [6.07, 6.45) is -3.62. The van der Waals surface area contributed by atoms with Crippen LogP contribution in [0.5, 0.6) is 5.75 Å². The highest BCUT2D eigenvalue weighted by Crippen LogP contribution is 2.45. The topological polar surface area (TPSA) is 238 Å². The minimum Gasteiger partial charge on any atom is -0.491 e. The fraction of sp³-hybridized carbons (Fsp3) is 0.750. The number of likely N-dealkylation sites (N-methyl/N-ethyl adjacent to an activating group) is 1. The van der Waals surface area contributed by atoms with Crippen molar-refractivity contribution in [2.75, 3.05) is 27.3 Å². The molecule has 3 aliphatic heterocycles. The van der Waals surface area contributed by atoms with Gasteiger partial charge in [0.15, 0.2) is 6.29 Å². The second-order valence-electron chi connectivity index (χ2n) is 21.3. The minimum atomic E-state index is -2.00. The lowest BCUT2D eigenvalue weighted by molar-refractivity contribution is -0.302. The van der Waals surface area contributed by atoms with Crippen LogP contribution in [-0.2, 0) is 46.2 Å². The fourth-order valence-corrected chi connectivity index (χ4v) is 11.6. The number of aromatic nitrogens is 4. The Balaban J connectivity index is 1.21. The van der Waals surface area contributed by atoms with E-state index in [2.05, 4.69) is 20.2 Å². The Labute approximate surface area is 413 Å². The largest absolute Gasteiger partial charge is 0.491 e. The van der Waals surface area contributed by atoms with Gasteiger partial charge in [0, 0.05) is 55.1 Å². The Hall–Kier alpha value is -3.69. The first-order valence-electron chi connectivity index (χ1n) is 25.2. The van der Waals surface area contributed by atoms with Crippen molar-refractivity contribution >= 4 is 22.7 Å². The lowest BCUT2D eigenvalue weighted by Gasteiger charge is -2.51. The number of ketones is 1. The van der Waals surface area contributed by atoms with Crippen molar-refractivity contribution in [3.8, 4) is 5.75 Å². The molecule has 18 atom stereocenters. The van der Waals surface area contributed by atoms with Gasteiger partial charge in [-0.3, -0.25) is 14.6 Å². The fourth-order valence-electron chi connectivity index (χ4n) is 11.6. The number of methoxy groups -OCH3 is 1. The van der Waals surface area contributed by atoms with Gasteiger partial charge in [-0.25, -0.2) is 4.68 Å². The first-order chi connectivity index (χ1) is 32.9. The van der Waals surface area contributed by atoms with Gasteiger partial charge in [0.2, 0.25) is 0 Å². The number of rotatable bonds is 14. The minimum absolute atomic E-state index is 0.138. The Morgan fingerprint density at radius 1 is 0.943 bits per heavy atom. The average Bonchev–Trinajstić information content (AvgIpc) is 3.78. The lowest BCUT2D eigenvalue weighted by Crippen LogP contribution is -2.62. The van der Waals surface area contributed by atoms with Crippen molar-refractivity contribution in [3.05, 3.63) is 48.4 Å². The van der Waals surface area contributed by atoms with Crippen LogP contribution in [0.15, 0.2) is 42.7 Å². The predicted octanol–water partition coefficient (Wildman–Crippen LogP) is 4.28. The van der Waals surface area contributed by atoms with Gasteiger partial charge in [-0.05, 0) is 110 Å². The van der Waals surface area contributed by atoms with Crippen molar-refractivity contribution in [3.63, 3.8) is 0 Å². The Bertz CT molecular complexity index is 2190. The van der Waals surface area contributed by atoms with Crippen LogP contribution in [0.1, 0.15) is 107 Å². The molecule has 0 radical (unpaired) electrons. The lowest BCUT2D eigenvalue weighted by atomic mass is 9.67. The molecule has 1 unspecified atom stereocenters. The average molecular weight is 984 g/mol. The van der Waals surface area contributed by atoms with Gasteiger partial charge in [-0.1, -0.05) is 45.9 Å². The maximum atomic E-state index is 14.5. The van der Waals surface area contributed by atoms with Crippen molar-refractivity contribution in [2.45, 2.75) is 192 Å². The molecule has 5 heterocycles. The third-order valence-corrected chi connectivity index (χ3v) is 15.8. The van der Waals surface area contributed by atoms with Crippen LogP contribution in [0.2, 0.25) is 0 Å². The molecular weight excluding hydrogens is 903 g/mol. The van der Waals surface area contributed by atoms with E-state index < -0.39 is 113 Å². The SMILES string of the molecule is CC[C@H]1OC(=O)[C@H](C)C([C@H]2C[C@@](C)(OC)[C@@H](O)[C@H](C)O2)[C@H](C)[C@@H](O[C@@H]2O[C@H](C)C[C@H](N(C)CCCc3cn(CCOc4cccc5ncccc45)nn3)[C@H]2O)[C@](C)(O)C[C@@H](C)C(=O)[C@H](C)[C@@H](O)[C@]1(C)O. The maximum Gasteiger partial charge on any atom is 0.309 e. The Morgan fingerprint density at radius 3 is 2.37 bits per heavy atom. The number of hydrogen-bond acceptors (Lipinski definition) is 17. The summed E-state index contributed by atoms with van der Waals surface area (Å²) in [7, 11) is 3.45. The highest BCUT2D eigenvalue weighted by molar-refractivity contribution is 5.85. The van der Waals surface area contributed by atoms with Crippen molar-refractivity contribution in [2.24, 2.45) is 29.6 Å². The number of cyclic esters (lactones) is 1. The second kappa shape index (κ2) is 23.0. The van der Waals surface area contributed by atoms with Crippen LogP contribution in [0, 0.1) is 29.6 Å². The zero-order valence-corrected chi connectivity index (χ0v) is 43.3. The molecule has 5 N–H and O–H groups in total. The smallest absolute Gasteiger partial charge is 0.309 e. The summed E-state index contributed by atoms with van der Waals surface area (Å²) in [6.45, 7) is 18.3. The quantitative estimate of drug-likeness (QED) is 0.142. The number of fused-ring (bicyclic) bond motifs is 1. The molecule has 0 amide bonds. The number of nitrogens with zero attached hydrogens (tertiary/aromatic N) is 5. The second-order valence-corrected chi connectivity index (χ2v) is 21.3. The monoisotopic (exact) mass is 984 g/mol. The zero-order valence-electron chi connectivity index (χ0n) is 43.3. The first kappa shape index (κ1) is 55.6. The summed E-state index contributed by atoms with van der Waals surface area (Å²) in [5, 5.41) is 69.2. The van der Waals surface area contributed by atoms with E-state index in [1.165, 1.54) is 21.0 Å². The van der Waals surface area contributed by atoms with Crippen LogP contribution < -0.4 is 4.74 Å². The van der Waals surface area contributed by atoms with Crippen molar-refractivity contribution < 1.29 is 63.5 Å². The predicted molar refractivity (Wildman–Crippen MR) is 259 cm³/mol. The summed E-state index contributed by atoms with van der Waals surface area (Å²) in [4.78, 5) is 35.1. The van der Waals surface area contributed by atoms with Crippen LogP contribution in [0.4, 0.5) is 0 Å². The number of pyridine rings is 1. The molecule has 3 saturated heterocycles. The number of aryl methyl sites for hydroxylation is 1. The van der Waals surface area contributed by atoms with E-state index in [-0.39, 0.29) is 25.4 Å².